The summed E-state index contributed by atoms with van der Waals surface area (Å²) in [6.07, 6.45) is 0. The normalized spacial score (nSPS) is 11.5. The van der Waals surface area contributed by atoms with Crippen molar-refractivity contribution < 1.29 is 13.9 Å². The topological polar surface area (TPSA) is 63.8 Å². The van der Waals surface area contributed by atoms with E-state index in [9.17, 15) is 4.79 Å². The zero-order valence-corrected chi connectivity index (χ0v) is 13.6. The number of para-hydroxylation sites is 1. The van der Waals surface area contributed by atoms with Crippen molar-refractivity contribution in [1.82, 2.24) is 5.43 Å². The van der Waals surface area contributed by atoms with Gasteiger partial charge in [-0.25, -0.2) is 5.43 Å². The SMILES string of the molecule is CCOc1ccc(C(=O)N/N=C(/C)c2cc3ccccc3o2)cc1. The number of ether oxygens (including phenoxy) is 1. The van der Waals surface area contributed by atoms with E-state index in [-0.39, 0.29) is 5.91 Å². The first kappa shape index (κ1) is 15.8. The zero-order valence-electron chi connectivity index (χ0n) is 13.6. The molecule has 1 heterocycles. The lowest BCUT2D eigenvalue weighted by atomic mass is 10.2. The molecule has 3 aromatic rings. The summed E-state index contributed by atoms with van der Waals surface area (Å²) in [6.45, 7) is 4.29. The molecule has 1 N–H and O–H groups in total. The molecule has 0 saturated heterocycles. The van der Waals surface area contributed by atoms with Crippen LogP contribution in [0.1, 0.15) is 30.0 Å². The highest BCUT2D eigenvalue weighted by molar-refractivity contribution is 6.01. The Hall–Kier alpha value is -3.08. The molecule has 0 unspecified atom stereocenters. The minimum Gasteiger partial charge on any atom is -0.494 e. The molecule has 0 aliphatic heterocycles. The maximum atomic E-state index is 12.1. The van der Waals surface area contributed by atoms with Gasteiger partial charge in [0.05, 0.1) is 6.61 Å². The van der Waals surface area contributed by atoms with Crippen LogP contribution in [0.3, 0.4) is 0 Å². The van der Waals surface area contributed by atoms with Gasteiger partial charge in [-0.15, -0.1) is 0 Å². The fraction of sp³-hybridized carbons (Fsp3) is 0.158. The molecule has 0 spiro atoms. The average Bonchev–Trinajstić information content (AvgIpc) is 3.04. The zero-order chi connectivity index (χ0) is 16.9. The highest BCUT2D eigenvalue weighted by atomic mass is 16.5. The quantitative estimate of drug-likeness (QED) is 0.571. The number of carbonyl (C=O) groups is 1. The molecule has 24 heavy (non-hydrogen) atoms. The summed E-state index contributed by atoms with van der Waals surface area (Å²) >= 11 is 0. The lowest BCUT2D eigenvalue weighted by molar-refractivity contribution is 0.0955. The molecule has 5 nitrogen and oxygen atoms in total. The molecule has 0 bridgehead atoms. The molecule has 1 aromatic heterocycles. The van der Waals surface area contributed by atoms with Crippen molar-refractivity contribution in [3.63, 3.8) is 0 Å². The molecular formula is C19H18N2O3. The molecule has 0 aliphatic carbocycles. The maximum Gasteiger partial charge on any atom is 0.271 e. The number of nitrogens with zero attached hydrogens (tertiary/aromatic N) is 1. The van der Waals surface area contributed by atoms with E-state index in [4.69, 9.17) is 9.15 Å². The number of amides is 1. The van der Waals surface area contributed by atoms with E-state index in [0.29, 0.717) is 23.6 Å². The summed E-state index contributed by atoms with van der Waals surface area (Å²) in [6, 6.07) is 16.5. The van der Waals surface area contributed by atoms with Crippen LogP contribution in [0.15, 0.2) is 64.1 Å². The summed E-state index contributed by atoms with van der Waals surface area (Å²) < 4.78 is 11.1. The van der Waals surface area contributed by atoms with E-state index < -0.39 is 0 Å². The number of hydrogen-bond donors (Lipinski definition) is 1. The number of hydrogen-bond acceptors (Lipinski definition) is 4. The van der Waals surface area contributed by atoms with Crippen LogP contribution in [0.4, 0.5) is 0 Å². The second-order valence-electron chi connectivity index (χ2n) is 5.24. The average molecular weight is 322 g/mol. The molecular weight excluding hydrogens is 304 g/mol. The van der Waals surface area contributed by atoms with Crippen LogP contribution in [-0.4, -0.2) is 18.2 Å². The summed E-state index contributed by atoms with van der Waals surface area (Å²) in [4.78, 5) is 12.1. The largest absolute Gasteiger partial charge is 0.494 e. The molecule has 5 heteroatoms. The Bertz CT molecular complexity index is 846. The first-order valence-electron chi connectivity index (χ1n) is 7.74. The predicted molar refractivity (Wildman–Crippen MR) is 93.5 cm³/mol. The third-order valence-electron chi connectivity index (χ3n) is 3.53. The van der Waals surface area contributed by atoms with E-state index in [1.165, 1.54) is 0 Å². The molecule has 0 atom stereocenters. The standard InChI is InChI=1S/C19H18N2O3/c1-3-23-16-10-8-14(9-11-16)19(22)21-20-13(2)18-12-15-6-4-5-7-17(15)24-18/h4-12H,3H2,1-2H3,(H,21,22)/b20-13-. The number of fused-ring (bicyclic) bond motifs is 1. The minimum atomic E-state index is -0.284. The van der Waals surface area contributed by atoms with Crippen LogP contribution in [0, 0.1) is 0 Å². The van der Waals surface area contributed by atoms with Crippen molar-refractivity contribution in [2.45, 2.75) is 13.8 Å². The Morgan fingerprint density at radius 2 is 1.92 bits per heavy atom. The Labute approximate surface area is 139 Å². The van der Waals surface area contributed by atoms with Crippen LogP contribution >= 0.6 is 0 Å². The van der Waals surface area contributed by atoms with Gasteiger partial charge in [0, 0.05) is 10.9 Å². The second kappa shape index (κ2) is 7.00. The highest BCUT2D eigenvalue weighted by Gasteiger charge is 2.08. The molecule has 0 radical (unpaired) electrons. The number of rotatable bonds is 5. The third kappa shape index (κ3) is 3.46. The van der Waals surface area contributed by atoms with Crippen molar-refractivity contribution >= 4 is 22.6 Å². The smallest absolute Gasteiger partial charge is 0.271 e. The van der Waals surface area contributed by atoms with Crippen molar-refractivity contribution in [3.8, 4) is 5.75 Å². The van der Waals surface area contributed by atoms with Gasteiger partial charge in [0.1, 0.15) is 17.0 Å². The molecule has 122 valence electrons. The summed E-state index contributed by atoms with van der Waals surface area (Å²) in [7, 11) is 0. The van der Waals surface area contributed by atoms with E-state index in [1.807, 2.05) is 37.3 Å². The van der Waals surface area contributed by atoms with Gasteiger partial charge in [-0.3, -0.25) is 4.79 Å². The first-order chi connectivity index (χ1) is 11.7. The van der Waals surface area contributed by atoms with E-state index in [1.54, 1.807) is 31.2 Å². The third-order valence-corrected chi connectivity index (χ3v) is 3.53. The summed E-state index contributed by atoms with van der Waals surface area (Å²) in [5.74, 6) is 1.08. The highest BCUT2D eigenvalue weighted by Crippen LogP contribution is 2.19. The van der Waals surface area contributed by atoms with E-state index >= 15 is 0 Å². The Morgan fingerprint density at radius 3 is 2.62 bits per heavy atom. The molecule has 0 aliphatic rings. The molecule has 3 rings (SSSR count). The second-order valence-corrected chi connectivity index (χ2v) is 5.24. The first-order valence-corrected chi connectivity index (χ1v) is 7.74. The van der Waals surface area contributed by atoms with Crippen LogP contribution in [-0.2, 0) is 0 Å². The van der Waals surface area contributed by atoms with Gasteiger partial charge in [-0.1, -0.05) is 18.2 Å². The van der Waals surface area contributed by atoms with Crippen LogP contribution in [0.2, 0.25) is 0 Å². The number of carbonyl (C=O) groups excluding carboxylic acids is 1. The van der Waals surface area contributed by atoms with Gasteiger partial charge in [-0.05, 0) is 50.2 Å². The van der Waals surface area contributed by atoms with Crippen LogP contribution in [0.25, 0.3) is 11.0 Å². The van der Waals surface area contributed by atoms with Gasteiger partial charge in [0.25, 0.3) is 5.91 Å². The Kier molecular flexibility index (Phi) is 4.61. The minimum absolute atomic E-state index is 0.284. The van der Waals surface area contributed by atoms with Crippen molar-refractivity contribution in [2.75, 3.05) is 6.61 Å². The van der Waals surface area contributed by atoms with Gasteiger partial charge in [0.2, 0.25) is 0 Å². The molecule has 0 saturated carbocycles. The lowest BCUT2D eigenvalue weighted by Crippen LogP contribution is -2.19. The molecule has 1 amide bonds. The van der Waals surface area contributed by atoms with E-state index in [0.717, 1.165) is 16.7 Å². The van der Waals surface area contributed by atoms with Gasteiger partial charge >= 0.3 is 0 Å². The van der Waals surface area contributed by atoms with Crippen molar-refractivity contribution in [3.05, 3.63) is 65.9 Å². The van der Waals surface area contributed by atoms with Crippen molar-refractivity contribution in [2.24, 2.45) is 5.10 Å². The number of hydrazone groups is 1. The predicted octanol–water partition coefficient (Wildman–Crippen LogP) is 3.99. The van der Waals surface area contributed by atoms with Gasteiger partial charge < -0.3 is 9.15 Å². The maximum absolute atomic E-state index is 12.1. The van der Waals surface area contributed by atoms with Crippen molar-refractivity contribution in [1.29, 1.82) is 0 Å². The lowest BCUT2D eigenvalue weighted by Gasteiger charge is -2.04. The van der Waals surface area contributed by atoms with Crippen LogP contribution < -0.4 is 10.2 Å². The number of furan rings is 1. The fourth-order valence-corrected chi connectivity index (χ4v) is 2.28. The number of benzene rings is 2. The summed E-state index contributed by atoms with van der Waals surface area (Å²) in [5, 5.41) is 5.12. The van der Waals surface area contributed by atoms with Gasteiger partial charge in [0.15, 0.2) is 5.76 Å². The number of nitrogens with one attached hydrogen (secondary N) is 1. The van der Waals surface area contributed by atoms with Gasteiger partial charge in [-0.2, -0.15) is 5.10 Å². The Balaban J connectivity index is 1.70. The van der Waals surface area contributed by atoms with Crippen LogP contribution in [0.5, 0.6) is 5.75 Å². The summed E-state index contributed by atoms with van der Waals surface area (Å²) in [5.41, 5.74) is 4.45. The fourth-order valence-electron chi connectivity index (χ4n) is 2.28. The monoisotopic (exact) mass is 322 g/mol. The van der Waals surface area contributed by atoms with E-state index in [2.05, 4.69) is 10.5 Å². The Morgan fingerprint density at radius 1 is 1.17 bits per heavy atom. The molecule has 2 aromatic carbocycles. The molecule has 0 fully saturated rings.